The third-order valence-corrected chi connectivity index (χ3v) is 5.35. The van der Waals surface area contributed by atoms with Crippen molar-refractivity contribution in [1.82, 2.24) is 15.5 Å². The van der Waals surface area contributed by atoms with E-state index in [9.17, 15) is 4.79 Å². The third kappa shape index (κ3) is 6.51. The lowest BCUT2D eigenvalue weighted by Crippen LogP contribution is -2.38. The van der Waals surface area contributed by atoms with Gasteiger partial charge in [-0.05, 0) is 54.2 Å². The highest BCUT2D eigenvalue weighted by Gasteiger charge is 2.18. The molecule has 128 valence electrons. The SMILES string of the molecule is CCNC(=NCCCN1CCCC1=O)NCCc1ccc(Br)s1. The Morgan fingerprint density at radius 2 is 2.30 bits per heavy atom. The lowest BCUT2D eigenvalue weighted by Gasteiger charge is -2.15. The van der Waals surface area contributed by atoms with Crippen molar-refractivity contribution in [1.29, 1.82) is 0 Å². The second-order valence-electron chi connectivity index (χ2n) is 5.48. The zero-order valence-electron chi connectivity index (χ0n) is 13.6. The number of hydrogen-bond donors (Lipinski definition) is 2. The molecule has 1 aromatic rings. The average Bonchev–Trinajstić information content (AvgIpc) is 3.12. The fraction of sp³-hybridized carbons (Fsp3) is 0.625. The molecule has 0 saturated carbocycles. The lowest BCUT2D eigenvalue weighted by molar-refractivity contribution is -0.127. The van der Waals surface area contributed by atoms with Crippen molar-refractivity contribution >= 4 is 39.1 Å². The van der Waals surface area contributed by atoms with Gasteiger partial charge < -0.3 is 15.5 Å². The summed E-state index contributed by atoms with van der Waals surface area (Å²) in [6.07, 6.45) is 3.63. The van der Waals surface area contributed by atoms with Gasteiger partial charge in [0.05, 0.1) is 3.79 Å². The number of carbonyl (C=O) groups excluding carboxylic acids is 1. The van der Waals surface area contributed by atoms with Gasteiger partial charge in [0.25, 0.3) is 0 Å². The number of amides is 1. The Bertz CT molecular complexity index is 532. The normalized spacial score (nSPS) is 15.3. The molecule has 0 unspecified atom stereocenters. The van der Waals surface area contributed by atoms with Crippen LogP contribution in [-0.2, 0) is 11.2 Å². The minimum Gasteiger partial charge on any atom is -0.357 e. The van der Waals surface area contributed by atoms with E-state index in [-0.39, 0.29) is 0 Å². The van der Waals surface area contributed by atoms with Gasteiger partial charge >= 0.3 is 0 Å². The summed E-state index contributed by atoms with van der Waals surface area (Å²) in [5.41, 5.74) is 0. The summed E-state index contributed by atoms with van der Waals surface area (Å²) in [6, 6.07) is 4.23. The number of halogens is 1. The second-order valence-corrected chi connectivity index (χ2v) is 8.03. The van der Waals surface area contributed by atoms with E-state index < -0.39 is 0 Å². The highest BCUT2D eigenvalue weighted by molar-refractivity contribution is 9.11. The molecule has 0 bridgehead atoms. The molecule has 1 fully saturated rings. The first-order valence-electron chi connectivity index (χ1n) is 8.23. The van der Waals surface area contributed by atoms with Crippen molar-refractivity contribution in [2.24, 2.45) is 4.99 Å². The Morgan fingerprint density at radius 3 is 2.96 bits per heavy atom. The summed E-state index contributed by atoms with van der Waals surface area (Å²) in [7, 11) is 0. The molecule has 1 aromatic heterocycles. The summed E-state index contributed by atoms with van der Waals surface area (Å²) < 4.78 is 1.17. The monoisotopic (exact) mass is 400 g/mol. The second kappa shape index (κ2) is 9.93. The van der Waals surface area contributed by atoms with E-state index in [1.807, 2.05) is 4.90 Å². The van der Waals surface area contributed by atoms with Gasteiger partial charge in [-0.25, -0.2) is 0 Å². The molecular formula is C16H25BrN4OS. The van der Waals surface area contributed by atoms with Gasteiger partial charge in [-0.2, -0.15) is 0 Å². The number of nitrogens with one attached hydrogen (secondary N) is 2. The Morgan fingerprint density at radius 1 is 1.43 bits per heavy atom. The molecule has 1 aliphatic rings. The minimum atomic E-state index is 0.293. The summed E-state index contributed by atoms with van der Waals surface area (Å²) in [5, 5.41) is 6.63. The van der Waals surface area contributed by atoms with Crippen LogP contribution in [-0.4, -0.2) is 49.5 Å². The van der Waals surface area contributed by atoms with Crippen LogP contribution in [0.2, 0.25) is 0 Å². The molecule has 0 aliphatic carbocycles. The van der Waals surface area contributed by atoms with E-state index in [4.69, 9.17) is 0 Å². The molecule has 0 atom stereocenters. The Labute approximate surface area is 150 Å². The average molecular weight is 401 g/mol. The number of likely N-dealkylation sites (tertiary alicyclic amines) is 1. The van der Waals surface area contributed by atoms with Gasteiger partial charge in [-0.15, -0.1) is 11.3 Å². The topological polar surface area (TPSA) is 56.7 Å². The van der Waals surface area contributed by atoms with Gasteiger partial charge in [0, 0.05) is 44.0 Å². The Kier molecular flexibility index (Phi) is 7.88. The molecule has 0 radical (unpaired) electrons. The first kappa shape index (κ1) is 18.3. The summed E-state index contributed by atoms with van der Waals surface area (Å²) in [5.74, 6) is 1.15. The predicted molar refractivity (Wildman–Crippen MR) is 100 cm³/mol. The van der Waals surface area contributed by atoms with Gasteiger partial charge in [-0.3, -0.25) is 9.79 Å². The van der Waals surface area contributed by atoms with Gasteiger partial charge in [0.15, 0.2) is 5.96 Å². The van der Waals surface area contributed by atoms with Crippen molar-refractivity contribution < 1.29 is 4.79 Å². The molecule has 2 rings (SSSR count). The maximum absolute atomic E-state index is 11.5. The minimum absolute atomic E-state index is 0.293. The van der Waals surface area contributed by atoms with Crippen LogP contribution >= 0.6 is 27.3 Å². The molecule has 2 heterocycles. The number of hydrogen-bond acceptors (Lipinski definition) is 3. The molecule has 0 aromatic carbocycles. The van der Waals surface area contributed by atoms with Crippen LogP contribution in [0.15, 0.2) is 20.9 Å². The largest absolute Gasteiger partial charge is 0.357 e. The molecule has 23 heavy (non-hydrogen) atoms. The summed E-state index contributed by atoms with van der Waals surface area (Å²) in [4.78, 5) is 19.4. The van der Waals surface area contributed by atoms with Crippen molar-refractivity contribution in [2.45, 2.75) is 32.6 Å². The summed E-state index contributed by atoms with van der Waals surface area (Å²) >= 11 is 5.25. The molecule has 1 aliphatic heterocycles. The zero-order valence-corrected chi connectivity index (χ0v) is 16.0. The number of carbonyl (C=O) groups is 1. The van der Waals surface area contributed by atoms with Gasteiger partial charge in [0.1, 0.15) is 0 Å². The highest BCUT2D eigenvalue weighted by Crippen LogP contribution is 2.21. The van der Waals surface area contributed by atoms with Crippen LogP contribution in [0.1, 0.15) is 31.1 Å². The van der Waals surface area contributed by atoms with E-state index in [1.165, 1.54) is 8.66 Å². The van der Waals surface area contributed by atoms with Crippen LogP contribution in [0.5, 0.6) is 0 Å². The molecule has 0 spiro atoms. The predicted octanol–water partition coefficient (Wildman–Crippen LogP) is 2.62. The van der Waals surface area contributed by atoms with Crippen LogP contribution in [0.3, 0.4) is 0 Å². The molecular weight excluding hydrogens is 376 g/mol. The molecule has 5 nitrogen and oxygen atoms in total. The van der Waals surface area contributed by atoms with Crippen molar-refractivity contribution in [3.8, 4) is 0 Å². The van der Waals surface area contributed by atoms with Crippen LogP contribution in [0.4, 0.5) is 0 Å². The van der Waals surface area contributed by atoms with Crippen molar-refractivity contribution in [3.63, 3.8) is 0 Å². The first-order chi connectivity index (χ1) is 11.2. The van der Waals surface area contributed by atoms with Crippen molar-refractivity contribution in [2.75, 3.05) is 32.7 Å². The molecule has 7 heteroatoms. The smallest absolute Gasteiger partial charge is 0.222 e. The number of guanidine groups is 1. The number of nitrogens with zero attached hydrogens (tertiary/aromatic N) is 2. The van der Waals surface area contributed by atoms with E-state index in [1.54, 1.807) is 11.3 Å². The quantitative estimate of drug-likeness (QED) is 0.400. The number of thiophene rings is 1. The highest BCUT2D eigenvalue weighted by atomic mass is 79.9. The lowest BCUT2D eigenvalue weighted by atomic mass is 10.3. The van der Waals surface area contributed by atoms with E-state index in [2.05, 4.69) is 50.6 Å². The molecule has 1 amide bonds. The van der Waals surface area contributed by atoms with Crippen LogP contribution in [0.25, 0.3) is 0 Å². The van der Waals surface area contributed by atoms with E-state index in [0.29, 0.717) is 12.3 Å². The van der Waals surface area contributed by atoms with E-state index in [0.717, 1.165) is 57.9 Å². The Hall–Kier alpha value is -1.08. The number of rotatable bonds is 8. The standard InChI is InChI=1S/C16H25BrN4OS/c1-2-18-16(20-10-8-13-6-7-14(17)23-13)19-9-4-12-21-11-3-5-15(21)22/h6-7H,2-5,8-12H2,1H3,(H2,18,19,20). The van der Waals surface area contributed by atoms with Crippen molar-refractivity contribution in [3.05, 3.63) is 20.8 Å². The maximum Gasteiger partial charge on any atom is 0.222 e. The molecule has 2 N–H and O–H groups in total. The molecule has 1 saturated heterocycles. The van der Waals surface area contributed by atoms with Crippen LogP contribution < -0.4 is 10.6 Å². The summed E-state index contributed by atoms with van der Waals surface area (Å²) in [6.45, 7) is 6.26. The maximum atomic E-state index is 11.5. The fourth-order valence-electron chi connectivity index (χ4n) is 2.52. The van der Waals surface area contributed by atoms with Gasteiger partial charge in [0.2, 0.25) is 5.91 Å². The Balaban J connectivity index is 1.67. The third-order valence-electron chi connectivity index (χ3n) is 3.66. The zero-order chi connectivity index (χ0) is 16.5. The number of aliphatic imine (C=N–C) groups is 1. The first-order valence-corrected chi connectivity index (χ1v) is 9.84. The van der Waals surface area contributed by atoms with Crippen LogP contribution in [0, 0.1) is 0 Å². The van der Waals surface area contributed by atoms with E-state index >= 15 is 0 Å². The van der Waals surface area contributed by atoms with Gasteiger partial charge in [-0.1, -0.05) is 0 Å². The fourth-order valence-corrected chi connectivity index (χ4v) is 4.01.